The molecule has 0 unspecified atom stereocenters. The molecule has 5 nitrogen and oxygen atoms in total. The van der Waals surface area contributed by atoms with Crippen LogP contribution in [0.5, 0.6) is 5.75 Å². The number of sulfone groups is 1. The van der Waals surface area contributed by atoms with Crippen LogP contribution in [0, 0.1) is 5.92 Å². The summed E-state index contributed by atoms with van der Waals surface area (Å²) in [6.45, 7) is 8.15. The second-order valence-corrected chi connectivity index (χ2v) is 10.5. The lowest BCUT2D eigenvalue weighted by atomic mass is 10.0. The molecule has 1 aromatic rings. The standard InChI is InChI=1S/C19H28ClNO4S/c1-14(2)13-26(23,24)17-9-11-21(12-10-17)18(22)19(3,4)25-16-7-5-15(20)6-8-16/h5-8,14,17H,9-13H2,1-4H3. The zero-order valence-electron chi connectivity index (χ0n) is 15.9. The Morgan fingerprint density at radius 1 is 1.23 bits per heavy atom. The van der Waals surface area contributed by atoms with Crippen molar-refractivity contribution >= 4 is 27.3 Å². The molecule has 7 heteroatoms. The van der Waals surface area contributed by atoms with Crippen molar-refractivity contribution in [3.63, 3.8) is 0 Å². The van der Waals surface area contributed by atoms with Crippen LogP contribution in [0.2, 0.25) is 5.02 Å². The maximum atomic E-state index is 12.9. The van der Waals surface area contributed by atoms with Crippen molar-refractivity contribution in [2.45, 2.75) is 51.4 Å². The highest BCUT2D eigenvalue weighted by molar-refractivity contribution is 7.92. The van der Waals surface area contributed by atoms with E-state index in [2.05, 4.69) is 0 Å². The molecule has 1 aromatic carbocycles. The number of likely N-dealkylation sites (tertiary alicyclic amines) is 1. The quantitative estimate of drug-likeness (QED) is 0.731. The second-order valence-electron chi connectivity index (χ2n) is 7.78. The highest BCUT2D eigenvalue weighted by Gasteiger charge is 2.38. The van der Waals surface area contributed by atoms with Crippen molar-refractivity contribution in [3.8, 4) is 5.75 Å². The highest BCUT2D eigenvalue weighted by atomic mass is 35.5. The van der Waals surface area contributed by atoms with Gasteiger partial charge in [-0.25, -0.2) is 8.42 Å². The van der Waals surface area contributed by atoms with E-state index >= 15 is 0 Å². The average Bonchev–Trinajstić information content (AvgIpc) is 2.55. The fraction of sp³-hybridized carbons (Fsp3) is 0.632. The summed E-state index contributed by atoms with van der Waals surface area (Å²) >= 11 is 5.87. The molecule has 0 N–H and O–H groups in total. The highest BCUT2D eigenvalue weighted by Crippen LogP contribution is 2.25. The first-order valence-corrected chi connectivity index (χ1v) is 11.1. The van der Waals surface area contributed by atoms with Gasteiger partial charge in [-0.2, -0.15) is 0 Å². The molecule has 1 aliphatic heterocycles. The van der Waals surface area contributed by atoms with Crippen molar-refractivity contribution in [2.24, 2.45) is 5.92 Å². The first-order chi connectivity index (χ1) is 12.0. The van der Waals surface area contributed by atoms with E-state index in [1.165, 1.54) is 0 Å². The Morgan fingerprint density at radius 3 is 2.27 bits per heavy atom. The van der Waals surface area contributed by atoms with Crippen LogP contribution in [0.15, 0.2) is 24.3 Å². The van der Waals surface area contributed by atoms with Gasteiger partial charge >= 0.3 is 0 Å². The minimum absolute atomic E-state index is 0.117. The lowest BCUT2D eigenvalue weighted by Crippen LogP contribution is -2.52. The van der Waals surface area contributed by atoms with Crippen LogP contribution in [-0.2, 0) is 14.6 Å². The molecule has 0 atom stereocenters. The van der Waals surface area contributed by atoms with Gasteiger partial charge in [0.1, 0.15) is 5.75 Å². The molecule has 26 heavy (non-hydrogen) atoms. The van der Waals surface area contributed by atoms with Crippen LogP contribution in [0.3, 0.4) is 0 Å². The first-order valence-electron chi connectivity index (χ1n) is 8.97. The van der Waals surface area contributed by atoms with Gasteiger partial charge in [-0.05, 0) is 56.9 Å². The van der Waals surface area contributed by atoms with E-state index in [9.17, 15) is 13.2 Å². The molecule has 1 heterocycles. The zero-order valence-corrected chi connectivity index (χ0v) is 17.4. The van der Waals surface area contributed by atoms with Crippen molar-refractivity contribution in [2.75, 3.05) is 18.8 Å². The molecular formula is C19H28ClNO4S. The molecular weight excluding hydrogens is 374 g/mol. The molecule has 0 bridgehead atoms. The first kappa shape index (κ1) is 21.0. The number of piperidine rings is 1. The van der Waals surface area contributed by atoms with Crippen LogP contribution in [0.25, 0.3) is 0 Å². The number of carbonyl (C=O) groups excluding carboxylic acids is 1. The van der Waals surface area contributed by atoms with Gasteiger partial charge in [0.05, 0.1) is 11.0 Å². The summed E-state index contributed by atoms with van der Waals surface area (Å²) in [4.78, 5) is 14.6. The van der Waals surface area contributed by atoms with Gasteiger partial charge < -0.3 is 9.64 Å². The minimum atomic E-state index is -3.10. The maximum absolute atomic E-state index is 12.9. The summed E-state index contributed by atoms with van der Waals surface area (Å²) in [5.41, 5.74) is -1.03. The van der Waals surface area contributed by atoms with Gasteiger partial charge in [0.25, 0.3) is 5.91 Å². The summed E-state index contributed by atoms with van der Waals surface area (Å²) in [5.74, 6) is 0.761. The lowest BCUT2D eigenvalue weighted by Gasteiger charge is -2.37. The van der Waals surface area contributed by atoms with E-state index in [0.29, 0.717) is 36.7 Å². The number of carbonyl (C=O) groups is 1. The van der Waals surface area contributed by atoms with Crippen molar-refractivity contribution in [1.82, 2.24) is 4.90 Å². The predicted molar refractivity (Wildman–Crippen MR) is 104 cm³/mol. The van der Waals surface area contributed by atoms with E-state index in [1.54, 1.807) is 43.0 Å². The zero-order chi connectivity index (χ0) is 19.5. The van der Waals surface area contributed by atoms with Gasteiger partial charge in [0.15, 0.2) is 15.4 Å². The molecule has 0 spiro atoms. The van der Waals surface area contributed by atoms with Crippen LogP contribution in [0.4, 0.5) is 0 Å². The number of benzene rings is 1. The lowest BCUT2D eigenvalue weighted by molar-refractivity contribution is -0.146. The van der Waals surface area contributed by atoms with Gasteiger partial charge in [0, 0.05) is 18.1 Å². The van der Waals surface area contributed by atoms with E-state index in [-0.39, 0.29) is 22.8 Å². The van der Waals surface area contributed by atoms with E-state index in [1.807, 2.05) is 13.8 Å². The summed E-state index contributed by atoms with van der Waals surface area (Å²) in [6.07, 6.45) is 0.968. The van der Waals surface area contributed by atoms with Crippen LogP contribution in [0.1, 0.15) is 40.5 Å². The third kappa shape index (κ3) is 5.36. The van der Waals surface area contributed by atoms with Crippen molar-refractivity contribution in [3.05, 3.63) is 29.3 Å². The molecule has 1 aliphatic rings. The molecule has 0 radical (unpaired) electrons. The third-order valence-electron chi connectivity index (χ3n) is 4.50. The molecule has 146 valence electrons. The number of halogens is 1. The molecule has 1 saturated heterocycles. The van der Waals surface area contributed by atoms with Gasteiger partial charge in [-0.3, -0.25) is 4.79 Å². The topological polar surface area (TPSA) is 63.7 Å². The summed E-state index contributed by atoms with van der Waals surface area (Å²) in [7, 11) is -3.10. The van der Waals surface area contributed by atoms with Crippen molar-refractivity contribution in [1.29, 1.82) is 0 Å². The molecule has 0 aliphatic carbocycles. The van der Waals surface area contributed by atoms with Gasteiger partial charge in [-0.1, -0.05) is 25.4 Å². The van der Waals surface area contributed by atoms with Crippen LogP contribution in [-0.4, -0.2) is 48.9 Å². The van der Waals surface area contributed by atoms with Crippen LogP contribution < -0.4 is 4.74 Å². The number of nitrogens with zero attached hydrogens (tertiary/aromatic N) is 1. The smallest absolute Gasteiger partial charge is 0.266 e. The number of hydrogen-bond acceptors (Lipinski definition) is 4. The Labute approximate surface area is 161 Å². The summed E-state index contributed by atoms with van der Waals surface area (Å²) in [5, 5.41) is 0.250. The Balaban J connectivity index is 1.97. The molecule has 0 saturated carbocycles. The largest absolute Gasteiger partial charge is 0.478 e. The van der Waals surface area contributed by atoms with Gasteiger partial charge in [0.2, 0.25) is 0 Å². The Bertz CT molecular complexity index is 720. The Morgan fingerprint density at radius 2 is 1.77 bits per heavy atom. The monoisotopic (exact) mass is 401 g/mol. The van der Waals surface area contributed by atoms with E-state index < -0.39 is 15.4 Å². The molecule has 1 amide bonds. The molecule has 2 rings (SSSR count). The SMILES string of the molecule is CC(C)CS(=O)(=O)C1CCN(C(=O)C(C)(C)Oc2ccc(Cl)cc2)CC1. The third-order valence-corrected chi connectivity index (χ3v) is 7.37. The number of rotatable bonds is 6. The average molecular weight is 402 g/mol. The number of hydrogen-bond donors (Lipinski definition) is 0. The Hall–Kier alpha value is -1.27. The van der Waals surface area contributed by atoms with Gasteiger partial charge in [-0.15, -0.1) is 0 Å². The molecule has 1 fully saturated rings. The van der Waals surface area contributed by atoms with E-state index in [4.69, 9.17) is 16.3 Å². The number of amides is 1. The van der Waals surface area contributed by atoms with Crippen molar-refractivity contribution < 1.29 is 17.9 Å². The predicted octanol–water partition coefficient (Wildman–Crippen LogP) is 3.56. The fourth-order valence-corrected chi connectivity index (χ4v) is 5.50. The molecule has 0 aromatic heterocycles. The normalized spacial score (nSPS) is 16.8. The maximum Gasteiger partial charge on any atom is 0.266 e. The van der Waals surface area contributed by atoms with Crippen LogP contribution >= 0.6 is 11.6 Å². The minimum Gasteiger partial charge on any atom is -0.478 e. The second kappa shape index (κ2) is 8.17. The number of ether oxygens (including phenoxy) is 1. The fourth-order valence-electron chi connectivity index (χ4n) is 3.24. The Kier molecular flexibility index (Phi) is 6.61. The summed E-state index contributed by atoms with van der Waals surface area (Å²) in [6, 6.07) is 6.87. The van der Waals surface area contributed by atoms with E-state index in [0.717, 1.165) is 0 Å². The summed E-state index contributed by atoms with van der Waals surface area (Å²) < 4.78 is 30.6.